The molecule has 16 heavy (non-hydrogen) atoms. The van der Waals surface area contributed by atoms with E-state index < -0.39 is 0 Å². The predicted molar refractivity (Wildman–Crippen MR) is 68.4 cm³/mol. The molecule has 2 aliphatic carbocycles. The molecule has 1 saturated carbocycles. The summed E-state index contributed by atoms with van der Waals surface area (Å²) in [5.41, 5.74) is 3.28. The summed E-state index contributed by atoms with van der Waals surface area (Å²) in [6.07, 6.45) is 8.12. The average Bonchev–Trinajstić information content (AvgIpc) is 2.47. The van der Waals surface area contributed by atoms with E-state index in [2.05, 4.69) is 20.8 Å². The molecule has 1 fully saturated rings. The molecule has 1 nitrogen and oxygen atoms in total. The summed E-state index contributed by atoms with van der Waals surface area (Å²) in [5, 5.41) is 9.90. The van der Waals surface area contributed by atoms with Gasteiger partial charge >= 0.3 is 0 Å². The van der Waals surface area contributed by atoms with Crippen molar-refractivity contribution in [1.29, 1.82) is 0 Å². The summed E-state index contributed by atoms with van der Waals surface area (Å²) in [5.74, 6) is 0.519. The monoisotopic (exact) mass is 220 g/mol. The van der Waals surface area contributed by atoms with E-state index >= 15 is 0 Å². The SMILES string of the molecule is CC1=C(O)C=C([C@@]2(C)CCCC2(C)C)CC1. The van der Waals surface area contributed by atoms with Gasteiger partial charge in [0, 0.05) is 0 Å². The van der Waals surface area contributed by atoms with Crippen LogP contribution in [0, 0.1) is 10.8 Å². The Hall–Kier alpha value is -0.720. The maximum Gasteiger partial charge on any atom is 0.114 e. The molecule has 1 N–H and O–H groups in total. The Kier molecular flexibility index (Phi) is 2.68. The van der Waals surface area contributed by atoms with Gasteiger partial charge in [-0.15, -0.1) is 0 Å². The first kappa shape index (κ1) is 11.8. The minimum Gasteiger partial charge on any atom is -0.508 e. The van der Waals surface area contributed by atoms with Crippen LogP contribution in [0.25, 0.3) is 0 Å². The van der Waals surface area contributed by atoms with E-state index in [1.165, 1.54) is 24.8 Å². The minimum absolute atomic E-state index is 0.293. The highest BCUT2D eigenvalue weighted by atomic mass is 16.3. The summed E-state index contributed by atoms with van der Waals surface area (Å²) in [6.45, 7) is 9.18. The van der Waals surface area contributed by atoms with Crippen molar-refractivity contribution in [2.75, 3.05) is 0 Å². The van der Waals surface area contributed by atoms with Gasteiger partial charge in [0.25, 0.3) is 0 Å². The van der Waals surface area contributed by atoms with Crippen LogP contribution in [0.3, 0.4) is 0 Å². The number of rotatable bonds is 1. The number of allylic oxidation sites excluding steroid dienone is 3. The maximum atomic E-state index is 9.90. The highest BCUT2D eigenvalue weighted by Crippen LogP contribution is 2.58. The topological polar surface area (TPSA) is 20.2 Å². The van der Waals surface area contributed by atoms with Gasteiger partial charge in [0.05, 0.1) is 0 Å². The lowest BCUT2D eigenvalue weighted by molar-refractivity contribution is 0.170. The van der Waals surface area contributed by atoms with Crippen LogP contribution in [-0.2, 0) is 0 Å². The van der Waals surface area contributed by atoms with Crippen LogP contribution in [0.2, 0.25) is 0 Å². The average molecular weight is 220 g/mol. The molecular formula is C15H24O. The van der Waals surface area contributed by atoms with E-state index in [0.29, 0.717) is 16.6 Å². The van der Waals surface area contributed by atoms with Crippen LogP contribution in [0.4, 0.5) is 0 Å². The molecule has 0 heterocycles. The van der Waals surface area contributed by atoms with Crippen molar-refractivity contribution in [2.45, 2.75) is 59.8 Å². The number of aliphatic hydroxyl groups excluding tert-OH is 1. The zero-order chi connectivity index (χ0) is 12.0. The van der Waals surface area contributed by atoms with Crippen LogP contribution in [0.15, 0.2) is 23.0 Å². The summed E-state index contributed by atoms with van der Waals surface area (Å²) < 4.78 is 0. The van der Waals surface area contributed by atoms with Gasteiger partial charge in [-0.2, -0.15) is 0 Å². The van der Waals surface area contributed by atoms with Gasteiger partial charge in [0.1, 0.15) is 5.76 Å². The third-order valence-electron chi connectivity index (χ3n) is 5.20. The van der Waals surface area contributed by atoms with Crippen LogP contribution < -0.4 is 0 Å². The molecule has 0 aromatic rings. The quantitative estimate of drug-likeness (QED) is 0.675. The van der Waals surface area contributed by atoms with Crippen LogP contribution >= 0.6 is 0 Å². The van der Waals surface area contributed by atoms with Crippen molar-refractivity contribution in [2.24, 2.45) is 10.8 Å². The molecule has 2 aliphatic rings. The van der Waals surface area contributed by atoms with Gasteiger partial charge in [-0.1, -0.05) is 32.8 Å². The van der Waals surface area contributed by atoms with Crippen LogP contribution in [0.5, 0.6) is 0 Å². The van der Waals surface area contributed by atoms with Gasteiger partial charge in [0.15, 0.2) is 0 Å². The molecule has 0 saturated heterocycles. The van der Waals surface area contributed by atoms with Gasteiger partial charge in [-0.05, 0) is 55.1 Å². The van der Waals surface area contributed by atoms with E-state index in [-0.39, 0.29) is 0 Å². The molecule has 0 radical (unpaired) electrons. The van der Waals surface area contributed by atoms with Crippen LogP contribution in [-0.4, -0.2) is 5.11 Å². The molecule has 0 unspecified atom stereocenters. The fourth-order valence-corrected chi connectivity index (χ4v) is 3.34. The zero-order valence-corrected chi connectivity index (χ0v) is 11.1. The van der Waals surface area contributed by atoms with Crippen molar-refractivity contribution in [1.82, 2.24) is 0 Å². The Morgan fingerprint density at radius 3 is 2.31 bits per heavy atom. The second-order valence-corrected chi connectivity index (χ2v) is 6.40. The first-order valence-corrected chi connectivity index (χ1v) is 6.47. The summed E-state index contributed by atoms with van der Waals surface area (Å²) >= 11 is 0. The predicted octanol–water partition coefficient (Wildman–Crippen LogP) is 4.76. The van der Waals surface area contributed by atoms with Crippen molar-refractivity contribution in [3.63, 3.8) is 0 Å². The molecule has 0 aliphatic heterocycles. The van der Waals surface area contributed by atoms with Gasteiger partial charge < -0.3 is 5.11 Å². The Morgan fingerprint density at radius 2 is 1.81 bits per heavy atom. The molecular weight excluding hydrogens is 196 g/mol. The van der Waals surface area contributed by atoms with E-state index in [0.717, 1.165) is 18.4 Å². The highest BCUT2D eigenvalue weighted by Gasteiger charge is 2.47. The third kappa shape index (κ3) is 1.61. The van der Waals surface area contributed by atoms with Gasteiger partial charge in [0.2, 0.25) is 0 Å². The standard InChI is InChI=1S/C15H24O/c1-11-6-7-12(10-13(11)16)15(4)9-5-8-14(15,2)3/h10,16H,5-9H2,1-4H3/t15-/m1/s1. The Labute approximate surface area is 99.3 Å². The molecule has 0 aromatic heterocycles. The van der Waals surface area contributed by atoms with Crippen molar-refractivity contribution in [3.8, 4) is 0 Å². The minimum atomic E-state index is 0.293. The first-order valence-electron chi connectivity index (χ1n) is 6.47. The summed E-state index contributed by atoms with van der Waals surface area (Å²) in [7, 11) is 0. The second kappa shape index (κ2) is 3.65. The normalized spacial score (nSPS) is 34.1. The van der Waals surface area contributed by atoms with E-state index in [1.54, 1.807) is 0 Å². The lowest BCUT2D eigenvalue weighted by Crippen LogP contribution is -2.32. The Bertz CT molecular complexity index is 360. The maximum absolute atomic E-state index is 9.90. The molecule has 90 valence electrons. The van der Waals surface area contributed by atoms with Crippen molar-refractivity contribution < 1.29 is 5.11 Å². The van der Waals surface area contributed by atoms with Crippen LogP contribution in [0.1, 0.15) is 59.8 Å². The highest BCUT2D eigenvalue weighted by molar-refractivity contribution is 5.33. The van der Waals surface area contributed by atoms with Crippen molar-refractivity contribution >= 4 is 0 Å². The lowest BCUT2D eigenvalue weighted by Gasteiger charge is -2.42. The Morgan fingerprint density at radius 1 is 1.12 bits per heavy atom. The third-order valence-corrected chi connectivity index (χ3v) is 5.20. The molecule has 1 atom stereocenters. The zero-order valence-electron chi connectivity index (χ0n) is 11.1. The summed E-state index contributed by atoms with van der Waals surface area (Å²) in [6, 6.07) is 0. The fourth-order valence-electron chi connectivity index (χ4n) is 3.34. The smallest absolute Gasteiger partial charge is 0.114 e. The Balaban J connectivity index is 2.36. The van der Waals surface area contributed by atoms with E-state index in [9.17, 15) is 5.11 Å². The number of hydrogen-bond donors (Lipinski definition) is 1. The first-order chi connectivity index (χ1) is 7.37. The molecule has 2 rings (SSSR count). The molecule has 0 aromatic carbocycles. The molecule has 0 amide bonds. The van der Waals surface area contributed by atoms with Crippen molar-refractivity contribution in [3.05, 3.63) is 23.0 Å². The molecule has 1 heteroatoms. The molecule has 0 bridgehead atoms. The lowest BCUT2D eigenvalue weighted by atomic mass is 9.63. The second-order valence-electron chi connectivity index (χ2n) is 6.40. The largest absolute Gasteiger partial charge is 0.508 e. The fraction of sp³-hybridized carbons (Fsp3) is 0.733. The van der Waals surface area contributed by atoms with E-state index in [1.807, 2.05) is 13.0 Å². The number of hydrogen-bond acceptors (Lipinski definition) is 1. The van der Waals surface area contributed by atoms with Gasteiger partial charge in [-0.25, -0.2) is 0 Å². The van der Waals surface area contributed by atoms with Gasteiger partial charge in [-0.3, -0.25) is 0 Å². The summed E-state index contributed by atoms with van der Waals surface area (Å²) in [4.78, 5) is 0. The molecule has 0 spiro atoms. The van der Waals surface area contributed by atoms with E-state index in [4.69, 9.17) is 0 Å². The number of aliphatic hydroxyl groups is 1.